The molecule has 0 aliphatic carbocycles. The summed E-state index contributed by atoms with van der Waals surface area (Å²) in [6.07, 6.45) is 0. The summed E-state index contributed by atoms with van der Waals surface area (Å²) in [4.78, 5) is 17.5. The van der Waals surface area contributed by atoms with E-state index in [1.165, 1.54) is 12.1 Å². The van der Waals surface area contributed by atoms with Crippen LogP contribution < -0.4 is 10.0 Å². The van der Waals surface area contributed by atoms with Crippen molar-refractivity contribution in [2.24, 2.45) is 0 Å². The molecule has 0 radical (unpaired) electrons. The van der Waals surface area contributed by atoms with Gasteiger partial charge < -0.3 is 4.57 Å². The van der Waals surface area contributed by atoms with E-state index >= 15 is 0 Å². The van der Waals surface area contributed by atoms with Gasteiger partial charge in [-0.05, 0) is 64.4 Å². The number of hydrogen-bond acceptors (Lipinski definition) is 4. The van der Waals surface area contributed by atoms with E-state index in [9.17, 15) is 13.2 Å². The zero-order chi connectivity index (χ0) is 21.4. The van der Waals surface area contributed by atoms with Crippen LogP contribution in [-0.4, -0.2) is 29.4 Å². The summed E-state index contributed by atoms with van der Waals surface area (Å²) in [6, 6.07) is 12.2. The van der Waals surface area contributed by atoms with Crippen LogP contribution in [0.3, 0.4) is 0 Å². The lowest BCUT2D eigenvalue weighted by atomic mass is 10.1. The third-order valence-corrected chi connectivity index (χ3v) is 6.16. The van der Waals surface area contributed by atoms with Gasteiger partial charge in [0.05, 0.1) is 15.9 Å². The van der Waals surface area contributed by atoms with Crippen LogP contribution in [-0.2, 0) is 16.6 Å². The SMILES string of the molecule is CCn1c(NC(=O)c2cc(S(=O)(=O)NC(C)(C)C)ccc2C)nc2ccccc21. The molecule has 8 heteroatoms. The predicted molar refractivity (Wildman–Crippen MR) is 115 cm³/mol. The fourth-order valence-electron chi connectivity index (χ4n) is 3.13. The monoisotopic (exact) mass is 414 g/mol. The number of imidazole rings is 1. The summed E-state index contributed by atoms with van der Waals surface area (Å²) in [5.41, 5.74) is 2.05. The van der Waals surface area contributed by atoms with Gasteiger partial charge in [-0.15, -0.1) is 0 Å². The Kier molecular flexibility index (Phi) is 5.51. The van der Waals surface area contributed by atoms with E-state index < -0.39 is 21.5 Å². The topological polar surface area (TPSA) is 93.1 Å². The van der Waals surface area contributed by atoms with E-state index in [0.717, 1.165) is 11.0 Å². The van der Waals surface area contributed by atoms with Crippen LogP contribution >= 0.6 is 0 Å². The van der Waals surface area contributed by atoms with Gasteiger partial charge in [-0.25, -0.2) is 18.1 Å². The van der Waals surface area contributed by atoms with Crippen molar-refractivity contribution in [3.8, 4) is 0 Å². The van der Waals surface area contributed by atoms with E-state index in [-0.39, 0.29) is 10.5 Å². The summed E-state index contributed by atoms with van der Waals surface area (Å²) in [5.74, 6) is 0.0273. The zero-order valence-corrected chi connectivity index (χ0v) is 18.1. The Morgan fingerprint density at radius 3 is 2.48 bits per heavy atom. The first-order valence-electron chi connectivity index (χ1n) is 9.43. The molecule has 0 saturated heterocycles. The highest BCUT2D eigenvalue weighted by Crippen LogP contribution is 2.22. The second-order valence-corrected chi connectivity index (χ2v) is 9.64. The number of aryl methyl sites for hydroxylation is 2. The molecule has 2 N–H and O–H groups in total. The van der Waals surface area contributed by atoms with Gasteiger partial charge in [0.15, 0.2) is 0 Å². The van der Waals surface area contributed by atoms with Gasteiger partial charge in [-0.2, -0.15) is 0 Å². The minimum atomic E-state index is -3.75. The number of benzene rings is 2. The lowest BCUT2D eigenvalue weighted by Crippen LogP contribution is -2.40. The average Bonchev–Trinajstić information content (AvgIpc) is 2.96. The third kappa shape index (κ3) is 4.49. The molecule has 2 aromatic carbocycles. The number of nitrogens with one attached hydrogen (secondary N) is 2. The Morgan fingerprint density at radius 1 is 1.14 bits per heavy atom. The Bertz CT molecular complexity index is 1170. The van der Waals surface area contributed by atoms with Gasteiger partial charge in [0.1, 0.15) is 0 Å². The lowest BCUT2D eigenvalue weighted by molar-refractivity contribution is 0.102. The van der Waals surface area contributed by atoms with E-state index in [2.05, 4.69) is 15.0 Å². The fraction of sp³-hybridized carbons (Fsp3) is 0.333. The summed E-state index contributed by atoms with van der Waals surface area (Å²) in [6.45, 7) is 9.68. The molecular weight excluding hydrogens is 388 g/mol. The molecule has 0 aliphatic rings. The highest BCUT2D eigenvalue weighted by atomic mass is 32.2. The number of nitrogens with zero attached hydrogens (tertiary/aromatic N) is 2. The van der Waals surface area contributed by atoms with Crippen LogP contribution in [0, 0.1) is 6.92 Å². The van der Waals surface area contributed by atoms with Crippen molar-refractivity contribution in [3.63, 3.8) is 0 Å². The van der Waals surface area contributed by atoms with Gasteiger partial charge in [-0.1, -0.05) is 18.2 Å². The first-order chi connectivity index (χ1) is 13.5. The largest absolute Gasteiger partial charge is 0.310 e. The number of fused-ring (bicyclic) bond motifs is 1. The van der Waals surface area contributed by atoms with Crippen LogP contribution in [0.4, 0.5) is 5.95 Å². The van der Waals surface area contributed by atoms with Gasteiger partial charge in [0.2, 0.25) is 16.0 Å². The van der Waals surface area contributed by atoms with Crippen LogP contribution in [0.2, 0.25) is 0 Å². The molecule has 3 aromatic rings. The smallest absolute Gasteiger partial charge is 0.258 e. The lowest BCUT2D eigenvalue weighted by Gasteiger charge is -2.20. The van der Waals surface area contributed by atoms with E-state index in [4.69, 9.17) is 0 Å². The van der Waals surface area contributed by atoms with Crippen molar-refractivity contribution >= 4 is 32.9 Å². The number of carbonyl (C=O) groups is 1. The van der Waals surface area contributed by atoms with Crippen molar-refractivity contribution in [1.29, 1.82) is 0 Å². The molecule has 1 amide bonds. The highest BCUT2D eigenvalue weighted by molar-refractivity contribution is 7.89. The van der Waals surface area contributed by atoms with Crippen molar-refractivity contribution < 1.29 is 13.2 Å². The number of hydrogen-bond donors (Lipinski definition) is 2. The molecule has 0 bridgehead atoms. The van der Waals surface area contributed by atoms with Crippen LogP contribution in [0.15, 0.2) is 47.4 Å². The Hall–Kier alpha value is -2.71. The number of amides is 1. The van der Waals surface area contributed by atoms with Crippen LogP contribution in [0.25, 0.3) is 11.0 Å². The maximum atomic E-state index is 13.0. The highest BCUT2D eigenvalue weighted by Gasteiger charge is 2.24. The molecule has 154 valence electrons. The van der Waals surface area contributed by atoms with Gasteiger partial charge in [0.25, 0.3) is 5.91 Å². The summed E-state index contributed by atoms with van der Waals surface area (Å²) >= 11 is 0. The normalized spacial score (nSPS) is 12.3. The molecule has 3 rings (SSSR count). The second-order valence-electron chi connectivity index (χ2n) is 7.95. The molecule has 0 spiro atoms. The zero-order valence-electron chi connectivity index (χ0n) is 17.3. The van der Waals surface area contributed by atoms with Crippen molar-refractivity contribution in [3.05, 3.63) is 53.6 Å². The van der Waals surface area contributed by atoms with E-state index in [1.807, 2.05) is 35.8 Å². The minimum absolute atomic E-state index is 0.0483. The number of carbonyl (C=O) groups excluding carboxylic acids is 1. The maximum Gasteiger partial charge on any atom is 0.258 e. The quantitative estimate of drug-likeness (QED) is 0.666. The summed E-state index contributed by atoms with van der Waals surface area (Å²) in [7, 11) is -3.75. The first kappa shape index (κ1) is 21.0. The number of rotatable bonds is 5. The summed E-state index contributed by atoms with van der Waals surface area (Å²) < 4.78 is 29.8. The molecule has 0 unspecified atom stereocenters. The minimum Gasteiger partial charge on any atom is -0.310 e. The molecule has 0 fully saturated rings. The molecule has 0 aliphatic heterocycles. The molecule has 29 heavy (non-hydrogen) atoms. The second kappa shape index (κ2) is 7.61. The molecule has 0 atom stereocenters. The van der Waals surface area contributed by atoms with Gasteiger partial charge in [0, 0.05) is 17.6 Å². The van der Waals surface area contributed by atoms with Gasteiger partial charge >= 0.3 is 0 Å². The fourth-order valence-corrected chi connectivity index (χ4v) is 4.58. The maximum absolute atomic E-state index is 13.0. The van der Waals surface area contributed by atoms with E-state index in [1.54, 1.807) is 33.8 Å². The number of sulfonamides is 1. The van der Waals surface area contributed by atoms with Crippen molar-refractivity contribution in [2.45, 2.75) is 51.6 Å². The standard InChI is InChI=1S/C21H26N4O3S/c1-6-25-18-10-8-7-9-17(18)22-20(25)23-19(26)16-13-15(12-11-14(16)2)29(27,28)24-21(3,4)5/h7-13,24H,6H2,1-5H3,(H,22,23,26). The van der Waals surface area contributed by atoms with Crippen molar-refractivity contribution in [1.82, 2.24) is 14.3 Å². The average molecular weight is 415 g/mol. The molecule has 1 heterocycles. The van der Waals surface area contributed by atoms with E-state index in [0.29, 0.717) is 18.1 Å². The number of aromatic nitrogens is 2. The first-order valence-corrected chi connectivity index (χ1v) is 10.9. The van der Waals surface area contributed by atoms with Gasteiger partial charge in [-0.3, -0.25) is 10.1 Å². The molecular formula is C21H26N4O3S. The number of para-hydroxylation sites is 2. The molecule has 1 aromatic heterocycles. The Balaban J connectivity index is 1.96. The van der Waals surface area contributed by atoms with Crippen LogP contribution in [0.1, 0.15) is 43.6 Å². The predicted octanol–water partition coefficient (Wildman–Crippen LogP) is 3.69. The molecule has 0 saturated carbocycles. The van der Waals surface area contributed by atoms with Crippen molar-refractivity contribution in [2.75, 3.05) is 5.32 Å². The Morgan fingerprint density at radius 2 is 1.83 bits per heavy atom. The van der Waals surface area contributed by atoms with Crippen LogP contribution in [0.5, 0.6) is 0 Å². The third-order valence-electron chi connectivity index (χ3n) is 4.40. The number of anilines is 1. The Labute approximate surface area is 171 Å². The molecule has 7 nitrogen and oxygen atoms in total. The summed E-state index contributed by atoms with van der Waals surface area (Å²) in [5, 5.41) is 2.83.